The molecule has 0 aromatic heterocycles. The van der Waals surface area contributed by atoms with E-state index in [1.165, 1.54) is 69.9 Å². The van der Waals surface area contributed by atoms with Crippen LogP contribution in [0.15, 0.2) is 18.2 Å². The fraction of sp³-hybridized carbons (Fsp3) is 0.609. The highest BCUT2D eigenvalue weighted by Crippen LogP contribution is 2.24. The standard InChI is InChI=1S/C23H32O5/c1-2-3-4-5-6-7-8-9-10-11-12-13-17-27-21(24)18-15-14-16-19-20(18)23(26)28-22(19)25/h14-16H,2-13,17H2,1H3. The molecule has 0 saturated heterocycles. The third-order valence-electron chi connectivity index (χ3n) is 5.12. The second-order valence-corrected chi connectivity index (χ2v) is 7.43. The first kappa shape index (κ1) is 22.1. The van der Waals surface area contributed by atoms with Crippen LogP contribution >= 0.6 is 0 Å². The van der Waals surface area contributed by atoms with Gasteiger partial charge in [0.25, 0.3) is 0 Å². The Bertz CT molecular complexity index is 665. The lowest BCUT2D eigenvalue weighted by molar-refractivity contribution is 0.0427. The van der Waals surface area contributed by atoms with Crippen molar-refractivity contribution in [1.29, 1.82) is 0 Å². The van der Waals surface area contributed by atoms with E-state index in [0.29, 0.717) is 6.61 Å². The summed E-state index contributed by atoms with van der Waals surface area (Å²) in [5, 5.41) is 0. The molecule has 0 unspecified atom stereocenters. The van der Waals surface area contributed by atoms with Gasteiger partial charge < -0.3 is 9.47 Å². The third kappa shape index (κ3) is 6.77. The smallest absolute Gasteiger partial charge is 0.347 e. The maximum atomic E-state index is 12.2. The maximum Gasteiger partial charge on any atom is 0.347 e. The predicted octanol–water partition coefficient (Wildman–Crippen LogP) is 5.86. The minimum absolute atomic E-state index is 0.0206. The van der Waals surface area contributed by atoms with Crippen LogP contribution in [0, 0.1) is 0 Å². The summed E-state index contributed by atoms with van der Waals surface area (Å²) in [5.74, 6) is -2.07. The number of hydrogen-bond acceptors (Lipinski definition) is 5. The molecule has 2 rings (SSSR count). The van der Waals surface area contributed by atoms with Crippen LogP contribution in [0.25, 0.3) is 0 Å². The van der Waals surface area contributed by atoms with Crippen molar-refractivity contribution in [3.63, 3.8) is 0 Å². The van der Waals surface area contributed by atoms with Crippen molar-refractivity contribution in [2.24, 2.45) is 0 Å². The van der Waals surface area contributed by atoms with Crippen molar-refractivity contribution in [2.45, 2.75) is 84.0 Å². The molecular formula is C23H32O5. The van der Waals surface area contributed by atoms with Crippen molar-refractivity contribution in [2.75, 3.05) is 6.61 Å². The molecule has 1 aromatic rings. The van der Waals surface area contributed by atoms with Gasteiger partial charge in [0.1, 0.15) is 0 Å². The molecule has 0 fully saturated rings. The average Bonchev–Trinajstić information content (AvgIpc) is 2.99. The normalized spacial score (nSPS) is 12.8. The number of hydrogen-bond donors (Lipinski definition) is 0. The Morgan fingerprint density at radius 1 is 0.821 bits per heavy atom. The predicted molar refractivity (Wildman–Crippen MR) is 108 cm³/mol. The van der Waals surface area contributed by atoms with Gasteiger partial charge in [-0.15, -0.1) is 0 Å². The van der Waals surface area contributed by atoms with Crippen molar-refractivity contribution in [3.05, 3.63) is 34.9 Å². The topological polar surface area (TPSA) is 69.7 Å². The van der Waals surface area contributed by atoms with Crippen molar-refractivity contribution in [1.82, 2.24) is 0 Å². The zero-order valence-electron chi connectivity index (χ0n) is 17.0. The van der Waals surface area contributed by atoms with Crippen LogP contribution < -0.4 is 0 Å². The summed E-state index contributed by atoms with van der Waals surface area (Å²) in [6.45, 7) is 2.56. The summed E-state index contributed by atoms with van der Waals surface area (Å²) in [4.78, 5) is 35.5. The van der Waals surface area contributed by atoms with E-state index in [1.807, 2.05) is 0 Å². The van der Waals surface area contributed by atoms with Crippen LogP contribution in [0.2, 0.25) is 0 Å². The first-order valence-electron chi connectivity index (χ1n) is 10.7. The summed E-state index contributed by atoms with van der Waals surface area (Å²) in [5.41, 5.74) is 0.254. The molecule has 1 aliphatic rings. The summed E-state index contributed by atoms with van der Waals surface area (Å²) < 4.78 is 9.83. The average molecular weight is 389 g/mol. The molecule has 1 heterocycles. The lowest BCUT2D eigenvalue weighted by atomic mass is 10.0. The number of esters is 3. The number of unbranched alkanes of at least 4 members (excludes halogenated alkanes) is 11. The fourth-order valence-electron chi connectivity index (χ4n) is 3.49. The molecule has 0 saturated carbocycles. The lowest BCUT2D eigenvalue weighted by Gasteiger charge is -2.07. The molecule has 1 aliphatic heterocycles. The van der Waals surface area contributed by atoms with Crippen molar-refractivity contribution in [3.8, 4) is 0 Å². The van der Waals surface area contributed by atoms with Gasteiger partial charge in [-0.2, -0.15) is 0 Å². The Morgan fingerprint density at radius 2 is 1.39 bits per heavy atom. The van der Waals surface area contributed by atoms with Crippen LogP contribution in [0.4, 0.5) is 0 Å². The quantitative estimate of drug-likeness (QED) is 0.227. The van der Waals surface area contributed by atoms with E-state index in [-0.39, 0.29) is 16.7 Å². The SMILES string of the molecule is CCCCCCCCCCCCCCOC(=O)c1cccc2c1C(=O)OC2=O. The van der Waals surface area contributed by atoms with E-state index in [9.17, 15) is 14.4 Å². The van der Waals surface area contributed by atoms with Crippen LogP contribution in [0.3, 0.4) is 0 Å². The van der Waals surface area contributed by atoms with Gasteiger partial charge in [0, 0.05) is 0 Å². The highest BCUT2D eigenvalue weighted by molar-refractivity contribution is 6.18. The Balaban J connectivity index is 1.54. The monoisotopic (exact) mass is 388 g/mol. The van der Waals surface area contributed by atoms with Gasteiger partial charge in [-0.3, -0.25) is 0 Å². The molecule has 1 aromatic carbocycles. The van der Waals surface area contributed by atoms with Gasteiger partial charge >= 0.3 is 17.9 Å². The van der Waals surface area contributed by atoms with Gasteiger partial charge in [0.2, 0.25) is 0 Å². The number of ether oxygens (including phenoxy) is 2. The van der Waals surface area contributed by atoms with E-state index >= 15 is 0 Å². The number of benzene rings is 1. The minimum Gasteiger partial charge on any atom is -0.462 e. The van der Waals surface area contributed by atoms with E-state index in [4.69, 9.17) is 4.74 Å². The zero-order valence-corrected chi connectivity index (χ0v) is 17.0. The maximum absolute atomic E-state index is 12.2. The molecule has 0 aliphatic carbocycles. The number of carbonyl (C=O) groups is 3. The van der Waals surface area contributed by atoms with E-state index in [2.05, 4.69) is 11.7 Å². The number of cyclic esters (lactones) is 2. The van der Waals surface area contributed by atoms with Crippen molar-refractivity contribution < 1.29 is 23.9 Å². The summed E-state index contributed by atoms with van der Waals surface area (Å²) in [6, 6.07) is 4.52. The molecular weight excluding hydrogens is 356 g/mol. The summed E-state index contributed by atoms with van der Waals surface area (Å²) in [6.07, 6.45) is 14.9. The van der Waals surface area contributed by atoms with Gasteiger partial charge in [-0.1, -0.05) is 83.6 Å². The van der Waals surface area contributed by atoms with Crippen LogP contribution in [-0.4, -0.2) is 24.5 Å². The number of carbonyl (C=O) groups excluding carboxylic acids is 3. The molecule has 5 heteroatoms. The van der Waals surface area contributed by atoms with Gasteiger partial charge in [0.15, 0.2) is 0 Å². The van der Waals surface area contributed by atoms with Gasteiger partial charge in [-0.25, -0.2) is 14.4 Å². The lowest BCUT2D eigenvalue weighted by Crippen LogP contribution is -2.11. The third-order valence-corrected chi connectivity index (χ3v) is 5.12. The Hall–Kier alpha value is -2.17. The summed E-state index contributed by atoms with van der Waals surface area (Å²) >= 11 is 0. The molecule has 0 bridgehead atoms. The zero-order chi connectivity index (χ0) is 20.2. The van der Waals surface area contributed by atoms with Crippen LogP contribution in [-0.2, 0) is 9.47 Å². The second-order valence-electron chi connectivity index (χ2n) is 7.43. The van der Waals surface area contributed by atoms with Crippen molar-refractivity contribution >= 4 is 17.9 Å². The number of fused-ring (bicyclic) bond motifs is 1. The van der Waals surface area contributed by atoms with Gasteiger partial charge in [-0.05, 0) is 18.6 Å². The first-order chi connectivity index (χ1) is 13.6. The fourth-order valence-corrected chi connectivity index (χ4v) is 3.49. The second kappa shape index (κ2) is 12.3. The molecule has 0 N–H and O–H groups in total. The highest BCUT2D eigenvalue weighted by atomic mass is 16.6. The molecule has 0 spiro atoms. The van der Waals surface area contributed by atoms with E-state index < -0.39 is 17.9 Å². The summed E-state index contributed by atoms with van der Waals surface area (Å²) in [7, 11) is 0. The molecule has 28 heavy (non-hydrogen) atoms. The Kier molecular flexibility index (Phi) is 9.73. The van der Waals surface area contributed by atoms with E-state index in [1.54, 1.807) is 6.07 Å². The van der Waals surface area contributed by atoms with Crippen LogP contribution in [0.1, 0.15) is 115 Å². The Morgan fingerprint density at radius 3 is 2.00 bits per heavy atom. The first-order valence-corrected chi connectivity index (χ1v) is 10.7. The molecule has 0 radical (unpaired) electrons. The molecule has 5 nitrogen and oxygen atoms in total. The molecule has 0 atom stereocenters. The van der Waals surface area contributed by atoms with Crippen LogP contribution in [0.5, 0.6) is 0 Å². The molecule has 154 valence electrons. The molecule has 0 amide bonds. The largest absolute Gasteiger partial charge is 0.462 e. The Labute approximate surface area is 167 Å². The number of rotatable bonds is 14. The minimum atomic E-state index is -0.780. The highest BCUT2D eigenvalue weighted by Gasteiger charge is 2.34. The van der Waals surface area contributed by atoms with Gasteiger partial charge in [0.05, 0.1) is 23.3 Å². The van der Waals surface area contributed by atoms with E-state index in [0.717, 1.165) is 19.3 Å².